The molecular formula is C16H15F6N3O2. The molecule has 0 aliphatic carbocycles. The van der Waals surface area contributed by atoms with Gasteiger partial charge in [-0.1, -0.05) is 17.3 Å². The van der Waals surface area contributed by atoms with E-state index < -0.39 is 30.2 Å². The molecule has 0 bridgehead atoms. The number of hydrogen-bond acceptors (Lipinski definition) is 4. The maximum Gasteiger partial charge on any atom is 0.435 e. The van der Waals surface area contributed by atoms with Crippen LogP contribution in [0.3, 0.4) is 0 Å². The third kappa shape index (κ3) is 5.38. The van der Waals surface area contributed by atoms with E-state index in [0.717, 1.165) is 16.8 Å². The fraction of sp³-hybridized carbons (Fsp3) is 0.375. The molecule has 0 saturated heterocycles. The highest BCUT2D eigenvalue weighted by Crippen LogP contribution is 2.31. The van der Waals surface area contributed by atoms with Crippen LogP contribution >= 0.6 is 0 Å². The van der Waals surface area contributed by atoms with Gasteiger partial charge in [0.25, 0.3) is 0 Å². The van der Waals surface area contributed by atoms with Gasteiger partial charge in [0, 0.05) is 18.7 Å². The summed E-state index contributed by atoms with van der Waals surface area (Å²) >= 11 is 0. The Morgan fingerprint density at radius 2 is 1.81 bits per heavy atom. The Bertz CT molecular complexity index is 811. The second kappa shape index (κ2) is 7.89. The van der Waals surface area contributed by atoms with Crippen LogP contribution in [0.2, 0.25) is 0 Å². The molecule has 2 aromatic rings. The first kappa shape index (κ1) is 20.6. The van der Waals surface area contributed by atoms with Crippen LogP contribution < -0.4 is 4.74 Å². The maximum atomic E-state index is 12.9. The first-order chi connectivity index (χ1) is 12.5. The molecule has 1 aromatic heterocycles. The SMILES string of the molecule is CCO/N=C(\COc1cc(C(F)(F)F)nn1C)c1cccc(C(F)(F)F)c1. The number of aromatic nitrogens is 2. The standard InChI is InChI=1S/C16H15F6N3O2/c1-3-27-24-12(10-5-4-6-11(7-10)15(17,18)19)9-26-14-8-13(16(20,21)22)23-25(14)2/h4-8H,3,9H2,1-2H3/b24-12+. The second-order valence-corrected chi connectivity index (χ2v) is 5.31. The summed E-state index contributed by atoms with van der Waals surface area (Å²) in [5.74, 6) is -0.224. The minimum atomic E-state index is -4.65. The van der Waals surface area contributed by atoms with Crippen LogP contribution in [-0.2, 0) is 24.2 Å². The zero-order valence-electron chi connectivity index (χ0n) is 14.2. The summed E-state index contributed by atoms with van der Waals surface area (Å²) in [7, 11) is 1.24. The molecule has 0 unspecified atom stereocenters. The average molecular weight is 395 g/mol. The first-order valence-electron chi connectivity index (χ1n) is 7.63. The number of ether oxygens (including phenoxy) is 1. The molecule has 0 atom stereocenters. The van der Waals surface area contributed by atoms with Crippen molar-refractivity contribution < 1.29 is 35.9 Å². The number of nitrogens with zero attached hydrogens (tertiary/aromatic N) is 3. The van der Waals surface area contributed by atoms with E-state index in [0.29, 0.717) is 6.07 Å². The number of rotatable bonds is 6. The van der Waals surface area contributed by atoms with E-state index in [1.54, 1.807) is 6.92 Å². The molecule has 0 aliphatic heterocycles. The highest BCUT2D eigenvalue weighted by Gasteiger charge is 2.35. The van der Waals surface area contributed by atoms with Gasteiger partial charge in [0.1, 0.15) is 18.9 Å². The van der Waals surface area contributed by atoms with Gasteiger partial charge in [-0.2, -0.15) is 31.4 Å². The van der Waals surface area contributed by atoms with E-state index in [1.165, 1.54) is 19.2 Å². The molecule has 0 saturated carbocycles. The largest absolute Gasteiger partial charge is 0.471 e. The quantitative estimate of drug-likeness (QED) is 0.417. The summed E-state index contributed by atoms with van der Waals surface area (Å²) < 4.78 is 82.8. The Morgan fingerprint density at radius 1 is 1.11 bits per heavy atom. The van der Waals surface area contributed by atoms with Gasteiger partial charge in [0.15, 0.2) is 5.69 Å². The molecule has 0 spiro atoms. The van der Waals surface area contributed by atoms with Crippen molar-refractivity contribution in [3.63, 3.8) is 0 Å². The van der Waals surface area contributed by atoms with Crippen LogP contribution in [0, 0.1) is 0 Å². The Balaban J connectivity index is 2.25. The van der Waals surface area contributed by atoms with Gasteiger partial charge in [-0.3, -0.25) is 0 Å². The number of oxime groups is 1. The van der Waals surface area contributed by atoms with Gasteiger partial charge < -0.3 is 9.57 Å². The molecule has 27 heavy (non-hydrogen) atoms. The van der Waals surface area contributed by atoms with Gasteiger partial charge in [-0.25, -0.2) is 4.68 Å². The monoisotopic (exact) mass is 395 g/mol. The maximum absolute atomic E-state index is 12.9. The van der Waals surface area contributed by atoms with Crippen molar-refractivity contribution in [3.8, 4) is 5.88 Å². The summed E-state index contributed by atoms with van der Waals surface area (Å²) in [5, 5.41) is 7.00. The van der Waals surface area contributed by atoms with Crippen molar-refractivity contribution in [1.29, 1.82) is 0 Å². The topological polar surface area (TPSA) is 48.6 Å². The smallest absolute Gasteiger partial charge is 0.435 e. The number of alkyl halides is 6. The lowest BCUT2D eigenvalue weighted by atomic mass is 10.1. The molecule has 2 rings (SSSR count). The lowest BCUT2D eigenvalue weighted by Crippen LogP contribution is -2.16. The molecule has 0 aliphatic rings. The van der Waals surface area contributed by atoms with Crippen LogP contribution in [-0.4, -0.2) is 28.7 Å². The summed E-state index contributed by atoms with van der Waals surface area (Å²) in [6.07, 6.45) is -9.21. The molecule has 0 fully saturated rings. The third-order valence-electron chi connectivity index (χ3n) is 3.31. The first-order valence-corrected chi connectivity index (χ1v) is 7.63. The lowest BCUT2D eigenvalue weighted by Gasteiger charge is -2.11. The number of hydrogen-bond donors (Lipinski definition) is 0. The van der Waals surface area contributed by atoms with Crippen LogP contribution in [0.4, 0.5) is 26.3 Å². The van der Waals surface area contributed by atoms with Crippen LogP contribution in [0.5, 0.6) is 5.88 Å². The molecule has 5 nitrogen and oxygen atoms in total. The van der Waals surface area contributed by atoms with E-state index in [1.807, 2.05) is 0 Å². The van der Waals surface area contributed by atoms with Crippen molar-refractivity contribution in [2.24, 2.45) is 12.2 Å². The summed E-state index contributed by atoms with van der Waals surface area (Å²) in [5.41, 5.74) is -2.00. The molecule has 11 heteroatoms. The minimum absolute atomic E-state index is 0.0160. The molecule has 0 N–H and O–H groups in total. The van der Waals surface area contributed by atoms with E-state index in [-0.39, 0.29) is 23.8 Å². The zero-order chi connectivity index (χ0) is 20.2. The van der Waals surface area contributed by atoms with Crippen LogP contribution in [0.15, 0.2) is 35.5 Å². The van der Waals surface area contributed by atoms with Crippen molar-refractivity contribution in [2.45, 2.75) is 19.3 Å². The van der Waals surface area contributed by atoms with Crippen molar-refractivity contribution in [3.05, 3.63) is 47.2 Å². The molecule has 148 valence electrons. The predicted octanol–water partition coefficient (Wildman–Crippen LogP) is 4.28. The number of halogens is 6. The highest BCUT2D eigenvalue weighted by atomic mass is 19.4. The molecule has 1 heterocycles. The molecule has 0 radical (unpaired) electrons. The number of aryl methyl sites for hydroxylation is 1. The van der Waals surface area contributed by atoms with E-state index in [2.05, 4.69) is 10.3 Å². The Hall–Kier alpha value is -2.72. The zero-order valence-corrected chi connectivity index (χ0v) is 14.2. The minimum Gasteiger partial charge on any atom is -0.471 e. The molecule has 1 aromatic carbocycles. The summed E-state index contributed by atoms with van der Waals surface area (Å²) in [4.78, 5) is 4.88. The van der Waals surface area contributed by atoms with Crippen molar-refractivity contribution in [1.82, 2.24) is 9.78 Å². The highest BCUT2D eigenvalue weighted by molar-refractivity contribution is 6.01. The third-order valence-corrected chi connectivity index (χ3v) is 3.31. The average Bonchev–Trinajstić information content (AvgIpc) is 2.96. The molecular weight excluding hydrogens is 380 g/mol. The van der Waals surface area contributed by atoms with Gasteiger partial charge in [0.05, 0.1) is 5.56 Å². The second-order valence-electron chi connectivity index (χ2n) is 5.31. The fourth-order valence-corrected chi connectivity index (χ4v) is 2.05. The summed E-state index contributed by atoms with van der Waals surface area (Å²) in [6.45, 7) is 1.34. The molecule has 0 amide bonds. The van der Waals surface area contributed by atoms with Gasteiger partial charge in [-0.05, 0) is 19.1 Å². The van der Waals surface area contributed by atoms with Gasteiger partial charge >= 0.3 is 12.4 Å². The predicted molar refractivity (Wildman–Crippen MR) is 83.3 cm³/mol. The van der Waals surface area contributed by atoms with E-state index in [9.17, 15) is 26.3 Å². The van der Waals surface area contributed by atoms with Crippen LogP contribution in [0.1, 0.15) is 23.7 Å². The van der Waals surface area contributed by atoms with E-state index >= 15 is 0 Å². The normalized spacial score (nSPS) is 13.0. The Kier molecular flexibility index (Phi) is 6.01. The van der Waals surface area contributed by atoms with Crippen LogP contribution in [0.25, 0.3) is 0 Å². The van der Waals surface area contributed by atoms with Crippen molar-refractivity contribution in [2.75, 3.05) is 13.2 Å². The number of benzene rings is 1. The van der Waals surface area contributed by atoms with Gasteiger partial charge in [-0.15, -0.1) is 0 Å². The fourth-order valence-electron chi connectivity index (χ4n) is 2.05. The van der Waals surface area contributed by atoms with Crippen molar-refractivity contribution >= 4 is 5.71 Å². The summed E-state index contributed by atoms with van der Waals surface area (Å²) in [6, 6.07) is 4.97. The van der Waals surface area contributed by atoms with E-state index in [4.69, 9.17) is 9.57 Å². The lowest BCUT2D eigenvalue weighted by molar-refractivity contribution is -0.141. The Morgan fingerprint density at radius 3 is 2.37 bits per heavy atom. The Labute approximate surface area is 150 Å². The van der Waals surface area contributed by atoms with Gasteiger partial charge in [0.2, 0.25) is 5.88 Å².